The Balaban J connectivity index is 2.72. The van der Waals surface area contributed by atoms with Gasteiger partial charge >= 0.3 is 0 Å². The minimum absolute atomic E-state index is 0.230. The molecular formula is C16H28FN3O. The highest BCUT2D eigenvalue weighted by molar-refractivity contribution is 5.43. The van der Waals surface area contributed by atoms with Gasteiger partial charge in [0.1, 0.15) is 0 Å². The maximum atomic E-state index is 14.6. The van der Waals surface area contributed by atoms with Crippen LogP contribution in [0.15, 0.2) is 12.3 Å². The van der Waals surface area contributed by atoms with Crippen molar-refractivity contribution in [2.75, 3.05) is 37.7 Å². The maximum Gasteiger partial charge on any atom is 0.170 e. The molecule has 1 aromatic rings. The van der Waals surface area contributed by atoms with Gasteiger partial charge in [-0.1, -0.05) is 13.8 Å². The number of rotatable bonds is 10. The van der Waals surface area contributed by atoms with Crippen LogP contribution in [0.25, 0.3) is 0 Å². The summed E-state index contributed by atoms with van der Waals surface area (Å²) in [5.74, 6) is 0.737. The van der Waals surface area contributed by atoms with Crippen LogP contribution < -0.4 is 10.2 Å². The Morgan fingerprint density at radius 2 is 2.14 bits per heavy atom. The molecule has 0 atom stereocenters. The number of nitrogens with one attached hydrogen (secondary N) is 1. The molecule has 1 aromatic heterocycles. The standard InChI is InChI=1S/C16H28FN3O/c1-5-20(9-10-21-6-2)16-15(17)14(7-8-19-16)12-18-11-13(3)4/h7-8,13,18H,5-6,9-12H2,1-4H3. The van der Waals surface area contributed by atoms with Gasteiger partial charge in [-0.25, -0.2) is 9.37 Å². The Kier molecular flexibility index (Phi) is 8.23. The highest BCUT2D eigenvalue weighted by atomic mass is 19.1. The number of halogens is 1. The third kappa shape index (κ3) is 5.98. The Hall–Kier alpha value is -1.20. The molecule has 5 heteroatoms. The average Bonchev–Trinajstić information content (AvgIpc) is 2.46. The number of pyridine rings is 1. The van der Waals surface area contributed by atoms with Gasteiger partial charge in [0.15, 0.2) is 11.6 Å². The van der Waals surface area contributed by atoms with Gasteiger partial charge in [-0.05, 0) is 32.4 Å². The molecule has 0 aliphatic heterocycles. The molecular weight excluding hydrogens is 269 g/mol. The highest BCUT2D eigenvalue weighted by Gasteiger charge is 2.15. The fourth-order valence-electron chi connectivity index (χ4n) is 2.06. The van der Waals surface area contributed by atoms with E-state index in [9.17, 15) is 4.39 Å². The van der Waals surface area contributed by atoms with Crippen LogP contribution >= 0.6 is 0 Å². The molecule has 0 aromatic carbocycles. The van der Waals surface area contributed by atoms with Crippen LogP contribution in [0.3, 0.4) is 0 Å². The summed E-state index contributed by atoms with van der Waals surface area (Å²) < 4.78 is 19.9. The number of aromatic nitrogens is 1. The minimum atomic E-state index is -0.230. The highest BCUT2D eigenvalue weighted by Crippen LogP contribution is 2.19. The Labute approximate surface area is 127 Å². The second kappa shape index (κ2) is 9.68. The quantitative estimate of drug-likeness (QED) is 0.674. The van der Waals surface area contributed by atoms with Crippen LogP contribution in [0.4, 0.5) is 10.2 Å². The average molecular weight is 297 g/mol. The van der Waals surface area contributed by atoms with E-state index >= 15 is 0 Å². The Morgan fingerprint density at radius 3 is 2.76 bits per heavy atom. The molecule has 0 aliphatic carbocycles. The smallest absolute Gasteiger partial charge is 0.170 e. The summed E-state index contributed by atoms with van der Waals surface area (Å²) in [5.41, 5.74) is 0.663. The number of nitrogens with zero attached hydrogens (tertiary/aromatic N) is 2. The first kappa shape index (κ1) is 17.9. The van der Waals surface area contributed by atoms with Crippen molar-refractivity contribution in [1.29, 1.82) is 0 Å². The second-order valence-electron chi connectivity index (χ2n) is 5.41. The Morgan fingerprint density at radius 1 is 1.38 bits per heavy atom. The first-order valence-electron chi connectivity index (χ1n) is 7.76. The van der Waals surface area contributed by atoms with E-state index in [1.807, 2.05) is 18.7 Å². The molecule has 0 spiro atoms. The molecule has 4 nitrogen and oxygen atoms in total. The fraction of sp³-hybridized carbons (Fsp3) is 0.688. The summed E-state index contributed by atoms with van der Waals surface area (Å²) in [6.07, 6.45) is 1.67. The van der Waals surface area contributed by atoms with Crippen LogP contribution in [-0.4, -0.2) is 37.8 Å². The van der Waals surface area contributed by atoms with Gasteiger partial charge in [0.05, 0.1) is 6.61 Å². The van der Waals surface area contributed by atoms with Gasteiger partial charge in [-0.15, -0.1) is 0 Å². The van der Waals surface area contributed by atoms with Gasteiger partial charge < -0.3 is 15.0 Å². The van der Waals surface area contributed by atoms with E-state index in [1.54, 1.807) is 12.3 Å². The normalized spacial score (nSPS) is 11.1. The summed E-state index contributed by atoms with van der Waals surface area (Å²) in [4.78, 5) is 6.11. The van der Waals surface area contributed by atoms with Gasteiger partial charge in [0, 0.05) is 38.0 Å². The first-order chi connectivity index (χ1) is 10.1. The minimum Gasteiger partial charge on any atom is -0.380 e. The molecule has 1 rings (SSSR count). The predicted octanol–water partition coefficient (Wildman–Crippen LogP) is 2.83. The van der Waals surface area contributed by atoms with Gasteiger partial charge in [0.25, 0.3) is 0 Å². The molecule has 1 N–H and O–H groups in total. The van der Waals surface area contributed by atoms with Crippen molar-refractivity contribution in [1.82, 2.24) is 10.3 Å². The third-order valence-corrected chi connectivity index (χ3v) is 3.21. The molecule has 0 aliphatic rings. The van der Waals surface area contributed by atoms with Gasteiger partial charge in [-0.3, -0.25) is 0 Å². The summed E-state index contributed by atoms with van der Waals surface area (Å²) >= 11 is 0. The number of hydrogen-bond donors (Lipinski definition) is 1. The van der Waals surface area contributed by atoms with Crippen molar-refractivity contribution in [3.05, 3.63) is 23.6 Å². The van der Waals surface area contributed by atoms with E-state index < -0.39 is 0 Å². The Bertz CT molecular complexity index is 413. The first-order valence-corrected chi connectivity index (χ1v) is 7.76. The lowest BCUT2D eigenvalue weighted by Gasteiger charge is -2.23. The number of anilines is 1. The number of likely N-dealkylation sites (N-methyl/N-ethyl adjacent to an activating group) is 1. The lowest BCUT2D eigenvalue weighted by molar-refractivity contribution is 0.153. The largest absolute Gasteiger partial charge is 0.380 e. The fourth-order valence-corrected chi connectivity index (χ4v) is 2.06. The monoisotopic (exact) mass is 297 g/mol. The van der Waals surface area contributed by atoms with E-state index in [0.29, 0.717) is 50.1 Å². The maximum absolute atomic E-state index is 14.6. The SMILES string of the molecule is CCOCCN(CC)c1nccc(CNCC(C)C)c1F. The van der Waals surface area contributed by atoms with Crippen molar-refractivity contribution < 1.29 is 9.13 Å². The van der Waals surface area contributed by atoms with E-state index in [4.69, 9.17) is 4.74 Å². The van der Waals surface area contributed by atoms with Crippen molar-refractivity contribution >= 4 is 5.82 Å². The summed E-state index contributed by atoms with van der Waals surface area (Å²) in [7, 11) is 0. The molecule has 0 unspecified atom stereocenters. The van der Waals surface area contributed by atoms with Crippen LogP contribution in [-0.2, 0) is 11.3 Å². The van der Waals surface area contributed by atoms with E-state index in [-0.39, 0.29) is 5.82 Å². The molecule has 0 saturated carbocycles. The van der Waals surface area contributed by atoms with Crippen molar-refractivity contribution in [2.45, 2.75) is 34.2 Å². The summed E-state index contributed by atoms with van der Waals surface area (Å²) in [5, 5.41) is 3.27. The van der Waals surface area contributed by atoms with E-state index in [2.05, 4.69) is 24.1 Å². The molecule has 1 heterocycles. The van der Waals surface area contributed by atoms with Crippen molar-refractivity contribution in [2.24, 2.45) is 5.92 Å². The topological polar surface area (TPSA) is 37.4 Å². The molecule has 0 amide bonds. The third-order valence-electron chi connectivity index (χ3n) is 3.21. The van der Waals surface area contributed by atoms with Crippen LogP contribution in [0.1, 0.15) is 33.3 Å². The molecule has 0 bridgehead atoms. The lowest BCUT2D eigenvalue weighted by atomic mass is 10.2. The van der Waals surface area contributed by atoms with Crippen LogP contribution in [0.2, 0.25) is 0 Å². The van der Waals surface area contributed by atoms with E-state index in [1.165, 1.54) is 0 Å². The zero-order chi connectivity index (χ0) is 15.7. The zero-order valence-corrected chi connectivity index (χ0v) is 13.7. The predicted molar refractivity (Wildman–Crippen MR) is 85.1 cm³/mol. The molecule has 21 heavy (non-hydrogen) atoms. The number of hydrogen-bond acceptors (Lipinski definition) is 4. The lowest BCUT2D eigenvalue weighted by Crippen LogP contribution is -2.29. The van der Waals surface area contributed by atoms with Crippen molar-refractivity contribution in [3.8, 4) is 0 Å². The molecule has 0 saturated heterocycles. The molecule has 0 fully saturated rings. The van der Waals surface area contributed by atoms with Crippen LogP contribution in [0, 0.1) is 11.7 Å². The van der Waals surface area contributed by atoms with Gasteiger partial charge in [-0.2, -0.15) is 0 Å². The molecule has 0 radical (unpaired) electrons. The molecule has 120 valence electrons. The number of ether oxygens (including phenoxy) is 1. The van der Waals surface area contributed by atoms with E-state index in [0.717, 1.165) is 6.54 Å². The summed E-state index contributed by atoms with van der Waals surface area (Å²) in [6, 6.07) is 1.74. The summed E-state index contributed by atoms with van der Waals surface area (Å²) in [6.45, 7) is 12.2. The zero-order valence-electron chi connectivity index (χ0n) is 13.7. The van der Waals surface area contributed by atoms with Crippen molar-refractivity contribution in [3.63, 3.8) is 0 Å². The van der Waals surface area contributed by atoms with Crippen LogP contribution in [0.5, 0.6) is 0 Å². The second-order valence-corrected chi connectivity index (χ2v) is 5.41. The van der Waals surface area contributed by atoms with Gasteiger partial charge in [0.2, 0.25) is 0 Å².